The zero-order chi connectivity index (χ0) is 14.6. The van der Waals surface area contributed by atoms with Gasteiger partial charge in [-0.15, -0.1) is 0 Å². The highest BCUT2D eigenvalue weighted by atomic mass is 79.9. The van der Waals surface area contributed by atoms with E-state index >= 15 is 0 Å². The van der Waals surface area contributed by atoms with E-state index in [1.54, 1.807) is 13.2 Å². The fraction of sp³-hybridized carbons (Fsp3) is 0.625. The van der Waals surface area contributed by atoms with Gasteiger partial charge in [0, 0.05) is 17.6 Å². The molecule has 0 heterocycles. The fourth-order valence-electron chi connectivity index (χ4n) is 3.18. The van der Waals surface area contributed by atoms with Crippen LogP contribution in [0.2, 0.25) is 0 Å². The maximum atomic E-state index is 13.9. The van der Waals surface area contributed by atoms with Crippen LogP contribution in [-0.2, 0) is 11.2 Å². The molecule has 1 aromatic rings. The largest absolute Gasteiger partial charge is 0.377 e. The zero-order valence-corrected chi connectivity index (χ0v) is 13.6. The summed E-state index contributed by atoms with van der Waals surface area (Å²) in [6, 6.07) is 4.84. The molecule has 1 atom stereocenters. The molecule has 0 saturated heterocycles. The Kier molecular flexibility index (Phi) is 5.58. The van der Waals surface area contributed by atoms with Gasteiger partial charge in [0.1, 0.15) is 5.82 Å². The second-order valence-electron chi connectivity index (χ2n) is 5.73. The number of methoxy groups -OCH3 is 1. The Morgan fingerprint density at radius 1 is 1.30 bits per heavy atom. The Bertz CT molecular complexity index is 444. The van der Waals surface area contributed by atoms with Crippen molar-refractivity contribution < 1.29 is 9.13 Å². The van der Waals surface area contributed by atoms with Gasteiger partial charge in [0.05, 0.1) is 5.60 Å². The summed E-state index contributed by atoms with van der Waals surface area (Å²) in [6.07, 6.45) is 7.22. The molecule has 20 heavy (non-hydrogen) atoms. The van der Waals surface area contributed by atoms with Crippen molar-refractivity contribution in [1.29, 1.82) is 0 Å². The first-order chi connectivity index (χ1) is 9.57. The SMILES string of the molecule is COC1(C(N)Cc2cc(Br)ccc2F)CCCCCC1. The van der Waals surface area contributed by atoms with Crippen molar-refractivity contribution in [1.82, 2.24) is 0 Å². The molecule has 0 aliphatic heterocycles. The number of nitrogens with two attached hydrogens (primary N) is 1. The van der Waals surface area contributed by atoms with Crippen LogP contribution >= 0.6 is 15.9 Å². The lowest BCUT2D eigenvalue weighted by Gasteiger charge is -2.37. The van der Waals surface area contributed by atoms with Gasteiger partial charge >= 0.3 is 0 Å². The lowest BCUT2D eigenvalue weighted by Crippen LogP contribution is -2.50. The van der Waals surface area contributed by atoms with Crippen LogP contribution < -0.4 is 5.73 Å². The topological polar surface area (TPSA) is 35.2 Å². The third-order valence-electron chi connectivity index (χ3n) is 4.48. The lowest BCUT2D eigenvalue weighted by molar-refractivity contribution is -0.0431. The maximum absolute atomic E-state index is 13.9. The zero-order valence-electron chi connectivity index (χ0n) is 12.0. The monoisotopic (exact) mass is 343 g/mol. The van der Waals surface area contributed by atoms with Crippen molar-refractivity contribution in [3.63, 3.8) is 0 Å². The standard InChI is InChI=1S/C16H23BrFNO/c1-20-16(8-4-2-3-5-9-16)15(19)11-12-10-13(17)6-7-14(12)18/h6-7,10,15H,2-5,8-9,11,19H2,1H3. The van der Waals surface area contributed by atoms with Crippen LogP contribution in [0.3, 0.4) is 0 Å². The van der Waals surface area contributed by atoms with Crippen LogP contribution in [0.4, 0.5) is 4.39 Å². The quantitative estimate of drug-likeness (QED) is 0.831. The predicted octanol–water partition coefficient (Wildman–Crippen LogP) is 4.20. The van der Waals surface area contributed by atoms with E-state index < -0.39 is 0 Å². The molecule has 1 aliphatic rings. The summed E-state index contributed by atoms with van der Waals surface area (Å²) < 4.78 is 20.6. The summed E-state index contributed by atoms with van der Waals surface area (Å²) in [5.41, 5.74) is 6.77. The van der Waals surface area contributed by atoms with E-state index in [9.17, 15) is 4.39 Å². The van der Waals surface area contributed by atoms with Gasteiger partial charge in [0.2, 0.25) is 0 Å². The highest BCUT2D eigenvalue weighted by Crippen LogP contribution is 2.34. The Morgan fingerprint density at radius 3 is 2.55 bits per heavy atom. The number of ether oxygens (including phenoxy) is 1. The third kappa shape index (κ3) is 3.60. The van der Waals surface area contributed by atoms with Crippen molar-refractivity contribution in [3.05, 3.63) is 34.1 Å². The van der Waals surface area contributed by atoms with Crippen LogP contribution in [0.5, 0.6) is 0 Å². The lowest BCUT2D eigenvalue weighted by atomic mass is 9.83. The van der Waals surface area contributed by atoms with Crippen LogP contribution in [0.1, 0.15) is 44.1 Å². The number of hydrogen-bond acceptors (Lipinski definition) is 2. The highest BCUT2D eigenvalue weighted by Gasteiger charge is 2.37. The molecular formula is C16H23BrFNO. The first-order valence-electron chi connectivity index (χ1n) is 7.32. The van der Waals surface area contributed by atoms with Crippen molar-refractivity contribution in [2.75, 3.05) is 7.11 Å². The molecule has 1 aromatic carbocycles. The molecule has 2 nitrogen and oxygen atoms in total. The van der Waals surface area contributed by atoms with Gasteiger partial charge in [0.25, 0.3) is 0 Å². The van der Waals surface area contributed by atoms with Gasteiger partial charge in [-0.3, -0.25) is 0 Å². The summed E-state index contributed by atoms with van der Waals surface area (Å²) in [5.74, 6) is -0.191. The summed E-state index contributed by atoms with van der Waals surface area (Å²) >= 11 is 3.39. The molecule has 4 heteroatoms. The van der Waals surface area contributed by atoms with Gasteiger partial charge in [-0.25, -0.2) is 4.39 Å². The van der Waals surface area contributed by atoms with Crippen LogP contribution in [0.25, 0.3) is 0 Å². The van der Waals surface area contributed by atoms with E-state index in [0.29, 0.717) is 12.0 Å². The van der Waals surface area contributed by atoms with Crippen molar-refractivity contribution in [3.8, 4) is 0 Å². The van der Waals surface area contributed by atoms with Crippen molar-refractivity contribution >= 4 is 15.9 Å². The number of benzene rings is 1. The first-order valence-corrected chi connectivity index (χ1v) is 8.11. The molecule has 0 spiro atoms. The van der Waals surface area contributed by atoms with E-state index in [-0.39, 0.29) is 17.5 Å². The molecular weight excluding hydrogens is 321 g/mol. The van der Waals surface area contributed by atoms with E-state index in [2.05, 4.69) is 15.9 Å². The molecule has 1 fully saturated rings. The highest BCUT2D eigenvalue weighted by molar-refractivity contribution is 9.10. The second-order valence-corrected chi connectivity index (χ2v) is 6.65. The van der Waals surface area contributed by atoms with E-state index in [4.69, 9.17) is 10.5 Å². The Balaban J connectivity index is 2.16. The minimum absolute atomic E-state index is 0.172. The summed E-state index contributed by atoms with van der Waals surface area (Å²) in [6.45, 7) is 0. The Morgan fingerprint density at radius 2 is 1.95 bits per heavy atom. The average Bonchev–Trinajstić information content (AvgIpc) is 2.69. The molecule has 1 unspecified atom stereocenters. The summed E-state index contributed by atoms with van der Waals surface area (Å²) in [4.78, 5) is 0. The van der Waals surface area contributed by atoms with Gasteiger partial charge in [0.15, 0.2) is 0 Å². The predicted molar refractivity (Wildman–Crippen MR) is 83.2 cm³/mol. The van der Waals surface area contributed by atoms with Crippen molar-refractivity contribution in [2.45, 2.75) is 56.6 Å². The molecule has 2 rings (SSSR count). The number of halogens is 2. The van der Waals surface area contributed by atoms with E-state index in [1.165, 1.54) is 18.9 Å². The maximum Gasteiger partial charge on any atom is 0.126 e. The normalized spacial score (nSPS) is 20.4. The van der Waals surface area contributed by atoms with E-state index in [1.807, 2.05) is 6.07 Å². The minimum Gasteiger partial charge on any atom is -0.377 e. The molecule has 112 valence electrons. The summed E-state index contributed by atoms with van der Waals surface area (Å²) in [7, 11) is 1.74. The molecule has 1 aliphatic carbocycles. The smallest absolute Gasteiger partial charge is 0.126 e. The van der Waals surface area contributed by atoms with Gasteiger partial charge in [-0.05, 0) is 43.0 Å². The molecule has 0 radical (unpaired) electrons. The molecule has 0 amide bonds. The number of rotatable bonds is 4. The van der Waals surface area contributed by atoms with Gasteiger partial charge in [-0.1, -0.05) is 41.6 Å². The van der Waals surface area contributed by atoms with Crippen LogP contribution in [0, 0.1) is 5.82 Å². The molecule has 0 aromatic heterocycles. The fourth-order valence-corrected chi connectivity index (χ4v) is 3.58. The molecule has 0 bridgehead atoms. The van der Waals surface area contributed by atoms with E-state index in [0.717, 1.165) is 30.2 Å². The third-order valence-corrected chi connectivity index (χ3v) is 4.97. The van der Waals surface area contributed by atoms with Crippen molar-refractivity contribution in [2.24, 2.45) is 5.73 Å². The molecule has 1 saturated carbocycles. The second kappa shape index (κ2) is 7.01. The van der Waals surface area contributed by atoms with Crippen LogP contribution in [0.15, 0.2) is 22.7 Å². The summed E-state index contributed by atoms with van der Waals surface area (Å²) in [5, 5.41) is 0. The van der Waals surface area contributed by atoms with Gasteiger partial charge < -0.3 is 10.5 Å². The first kappa shape index (κ1) is 15.9. The minimum atomic E-state index is -0.300. The van der Waals surface area contributed by atoms with Crippen LogP contribution in [-0.4, -0.2) is 18.8 Å². The number of hydrogen-bond donors (Lipinski definition) is 1. The average molecular weight is 344 g/mol. The Labute approximate surface area is 129 Å². The van der Waals surface area contributed by atoms with Gasteiger partial charge in [-0.2, -0.15) is 0 Å². The Hall–Kier alpha value is -0.450. The molecule has 2 N–H and O–H groups in total.